The molecular formula is C18H22ClFN2O3S. The molecule has 0 bridgehead atoms. The minimum absolute atomic E-state index is 0. The standard InChI is InChI=1S/C18H21FN2O3S.ClH/c1-13(12-25(23,24)17-8-4-15(19)5-9-17)18(22)21-11-10-14-2-6-16(20)7-3-14;/h2-9,13H,10-12,20H2,1H3,(H,21,22);1H. The maximum absolute atomic E-state index is 12.9. The topological polar surface area (TPSA) is 89.3 Å². The predicted molar refractivity (Wildman–Crippen MR) is 102 cm³/mol. The number of rotatable bonds is 7. The van der Waals surface area contributed by atoms with E-state index in [1.165, 1.54) is 12.1 Å². The molecule has 8 heteroatoms. The van der Waals surface area contributed by atoms with Crippen molar-refractivity contribution in [2.45, 2.75) is 18.2 Å². The third kappa shape index (κ3) is 6.31. The summed E-state index contributed by atoms with van der Waals surface area (Å²) in [6, 6.07) is 11.9. The lowest BCUT2D eigenvalue weighted by Gasteiger charge is -2.13. The number of sulfone groups is 1. The van der Waals surface area contributed by atoms with Crippen LogP contribution in [0.5, 0.6) is 0 Å². The van der Waals surface area contributed by atoms with E-state index >= 15 is 0 Å². The van der Waals surface area contributed by atoms with E-state index in [1.54, 1.807) is 19.1 Å². The molecule has 0 fully saturated rings. The second-order valence-corrected chi connectivity index (χ2v) is 7.95. The number of anilines is 1. The zero-order chi connectivity index (χ0) is 18.4. The Morgan fingerprint density at radius 3 is 2.27 bits per heavy atom. The van der Waals surface area contributed by atoms with Gasteiger partial charge in [0.1, 0.15) is 5.82 Å². The second kappa shape index (κ2) is 9.54. The number of amides is 1. The van der Waals surface area contributed by atoms with E-state index in [0.29, 0.717) is 18.7 Å². The maximum Gasteiger partial charge on any atom is 0.223 e. The van der Waals surface area contributed by atoms with Gasteiger partial charge in [-0.25, -0.2) is 12.8 Å². The Balaban J connectivity index is 0.00000338. The molecule has 0 aromatic heterocycles. The number of hydrogen-bond donors (Lipinski definition) is 2. The molecule has 5 nitrogen and oxygen atoms in total. The van der Waals surface area contributed by atoms with Crippen molar-refractivity contribution in [2.24, 2.45) is 5.92 Å². The number of carbonyl (C=O) groups is 1. The maximum atomic E-state index is 12.9. The number of halogens is 2. The van der Waals surface area contributed by atoms with Gasteiger partial charge in [-0.3, -0.25) is 4.79 Å². The molecule has 2 aromatic rings. The Hall–Kier alpha value is -2.12. The van der Waals surface area contributed by atoms with E-state index in [-0.39, 0.29) is 29.0 Å². The summed E-state index contributed by atoms with van der Waals surface area (Å²) in [4.78, 5) is 12.1. The predicted octanol–water partition coefficient (Wildman–Crippen LogP) is 2.60. The van der Waals surface area contributed by atoms with Gasteiger partial charge in [-0.2, -0.15) is 0 Å². The van der Waals surface area contributed by atoms with Crippen molar-refractivity contribution in [2.75, 3.05) is 18.0 Å². The smallest absolute Gasteiger partial charge is 0.223 e. The highest BCUT2D eigenvalue weighted by Crippen LogP contribution is 2.15. The lowest BCUT2D eigenvalue weighted by Crippen LogP contribution is -2.34. The van der Waals surface area contributed by atoms with Crippen LogP contribution >= 0.6 is 12.4 Å². The number of nitrogens with one attached hydrogen (secondary N) is 1. The second-order valence-electron chi connectivity index (χ2n) is 5.92. The molecule has 0 saturated heterocycles. The Labute approximate surface area is 159 Å². The average molecular weight is 401 g/mol. The minimum Gasteiger partial charge on any atom is -0.399 e. The van der Waals surface area contributed by atoms with Crippen molar-refractivity contribution < 1.29 is 17.6 Å². The molecule has 1 amide bonds. The summed E-state index contributed by atoms with van der Waals surface area (Å²) >= 11 is 0. The monoisotopic (exact) mass is 400 g/mol. The highest BCUT2D eigenvalue weighted by Gasteiger charge is 2.23. The first-order valence-electron chi connectivity index (χ1n) is 7.88. The Kier molecular flexibility index (Phi) is 8.05. The average Bonchev–Trinajstić information content (AvgIpc) is 2.56. The van der Waals surface area contributed by atoms with Crippen LogP contribution in [0.15, 0.2) is 53.4 Å². The Morgan fingerprint density at radius 2 is 1.69 bits per heavy atom. The fraction of sp³-hybridized carbons (Fsp3) is 0.278. The first kappa shape index (κ1) is 21.9. The van der Waals surface area contributed by atoms with E-state index in [1.807, 2.05) is 12.1 Å². The van der Waals surface area contributed by atoms with E-state index in [0.717, 1.165) is 17.7 Å². The molecule has 0 heterocycles. The molecule has 26 heavy (non-hydrogen) atoms. The van der Waals surface area contributed by atoms with Crippen LogP contribution in [-0.2, 0) is 21.1 Å². The molecule has 0 aliphatic heterocycles. The summed E-state index contributed by atoms with van der Waals surface area (Å²) in [5, 5.41) is 2.73. The molecular weight excluding hydrogens is 379 g/mol. The molecule has 1 unspecified atom stereocenters. The lowest BCUT2D eigenvalue weighted by molar-refractivity contribution is -0.123. The summed E-state index contributed by atoms with van der Waals surface area (Å²) in [7, 11) is -3.64. The van der Waals surface area contributed by atoms with Gasteiger partial charge >= 0.3 is 0 Å². The molecule has 0 spiro atoms. The highest BCUT2D eigenvalue weighted by molar-refractivity contribution is 7.91. The summed E-state index contributed by atoms with van der Waals surface area (Å²) in [5.41, 5.74) is 7.31. The van der Waals surface area contributed by atoms with Crippen LogP contribution in [0.25, 0.3) is 0 Å². The number of nitrogens with two attached hydrogens (primary N) is 1. The molecule has 142 valence electrons. The van der Waals surface area contributed by atoms with E-state index in [2.05, 4.69) is 5.32 Å². The molecule has 2 aromatic carbocycles. The lowest BCUT2D eigenvalue weighted by atomic mass is 10.1. The van der Waals surface area contributed by atoms with Crippen molar-refractivity contribution in [3.63, 3.8) is 0 Å². The number of hydrogen-bond acceptors (Lipinski definition) is 4. The SMILES string of the molecule is CC(CS(=O)(=O)c1ccc(F)cc1)C(=O)NCCc1ccc(N)cc1.Cl. The van der Waals surface area contributed by atoms with Crippen molar-refractivity contribution in [1.82, 2.24) is 5.32 Å². The van der Waals surface area contributed by atoms with Crippen LogP contribution in [0.4, 0.5) is 10.1 Å². The summed E-state index contributed by atoms with van der Waals surface area (Å²) in [6.45, 7) is 1.96. The van der Waals surface area contributed by atoms with Gasteiger partial charge < -0.3 is 11.1 Å². The summed E-state index contributed by atoms with van der Waals surface area (Å²) in [5.74, 6) is -1.87. The van der Waals surface area contributed by atoms with Gasteiger partial charge in [0.15, 0.2) is 9.84 Å². The van der Waals surface area contributed by atoms with Gasteiger partial charge in [0.25, 0.3) is 0 Å². The normalized spacial score (nSPS) is 12.1. The van der Waals surface area contributed by atoms with Gasteiger partial charge in [-0.1, -0.05) is 19.1 Å². The van der Waals surface area contributed by atoms with Crippen LogP contribution in [0.2, 0.25) is 0 Å². The van der Waals surface area contributed by atoms with Gasteiger partial charge in [0, 0.05) is 18.2 Å². The van der Waals surface area contributed by atoms with E-state index in [9.17, 15) is 17.6 Å². The quantitative estimate of drug-likeness (QED) is 0.552. The van der Waals surface area contributed by atoms with Gasteiger partial charge in [-0.05, 0) is 48.4 Å². The van der Waals surface area contributed by atoms with Gasteiger partial charge in [-0.15, -0.1) is 12.4 Å². The van der Waals surface area contributed by atoms with E-state index < -0.39 is 21.6 Å². The van der Waals surface area contributed by atoms with Crippen molar-refractivity contribution in [3.05, 3.63) is 59.9 Å². The largest absolute Gasteiger partial charge is 0.399 e. The fourth-order valence-electron chi connectivity index (χ4n) is 2.33. The molecule has 3 N–H and O–H groups in total. The van der Waals surface area contributed by atoms with Gasteiger partial charge in [0.05, 0.1) is 10.6 Å². The van der Waals surface area contributed by atoms with Crippen LogP contribution in [0.3, 0.4) is 0 Å². The molecule has 0 saturated carbocycles. The number of nitrogen functional groups attached to an aromatic ring is 1. The molecule has 0 radical (unpaired) electrons. The fourth-order valence-corrected chi connectivity index (χ4v) is 3.88. The Morgan fingerprint density at radius 1 is 1.12 bits per heavy atom. The van der Waals surface area contributed by atoms with Crippen LogP contribution < -0.4 is 11.1 Å². The van der Waals surface area contributed by atoms with Crippen LogP contribution in [-0.4, -0.2) is 26.6 Å². The zero-order valence-corrected chi connectivity index (χ0v) is 15.9. The summed E-state index contributed by atoms with van der Waals surface area (Å²) < 4.78 is 37.4. The first-order chi connectivity index (χ1) is 11.8. The first-order valence-corrected chi connectivity index (χ1v) is 9.53. The third-order valence-electron chi connectivity index (χ3n) is 3.78. The van der Waals surface area contributed by atoms with Gasteiger partial charge in [0.2, 0.25) is 5.91 Å². The minimum atomic E-state index is -3.64. The highest BCUT2D eigenvalue weighted by atomic mass is 35.5. The Bertz CT molecular complexity index is 825. The molecule has 0 aliphatic carbocycles. The van der Waals surface area contributed by atoms with Crippen LogP contribution in [0.1, 0.15) is 12.5 Å². The third-order valence-corrected chi connectivity index (χ3v) is 5.71. The molecule has 1 atom stereocenters. The molecule has 2 rings (SSSR count). The number of carbonyl (C=O) groups excluding carboxylic acids is 1. The summed E-state index contributed by atoms with van der Waals surface area (Å²) in [6.07, 6.45) is 0.628. The van der Waals surface area contributed by atoms with Crippen molar-refractivity contribution in [1.29, 1.82) is 0 Å². The van der Waals surface area contributed by atoms with Crippen molar-refractivity contribution in [3.8, 4) is 0 Å². The molecule has 0 aliphatic rings. The zero-order valence-electron chi connectivity index (χ0n) is 14.3. The van der Waals surface area contributed by atoms with Crippen LogP contribution in [0, 0.1) is 11.7 Å². The van der Waals surface area contributed by atoms with E-state index in [4.69, 9.17) is 5.73 Å². The van der Waals surface area contributed by atoms with Crippen molar-refractivity contribution >= 4 is 33.8 Å². The number of benzene rings is 2.